The number of carbonyl (C=O) groups is 1. The molecule has 6 nitrogen and oxygen atoms in total. The fourth-order valence-electron chi connectivity index (χ4n) is 2.80. The molecule has 2 N–H and O–H groups in total. The van der Waals surface area contributed by atoms with Crippen LogP contribution in [0.2, 0.25) is 5.02 Å². The van der Waals surface area contributed by atoms with Crippen molar-refractivity contribution in [3.05, 3.63) is 64.4 Å². The normalized spacial score (nSPS) is 11.9. The van der Waals surface area contributed by atoms with Gasteiger partial charge in [0.15, 0.2) is 11.0 Å². The van der Waals surface area contributed by atoms with Crippen LogP contribution in [0.4, 0.5) is 11.4 Å². The molecule has 1 amide bonds. The Balaban J connectivity index is 1.61. The highest BCUT2D eigenvalue weighted by Gasteiger charge is 2.20. The smallest absolute Gasteiger partial charge is 0.237 e. The Labute approximate surface area is 180 Å². The summed E-state index contributed by atoms with van der Waals surface area (Å²) in [5.41, 5.74) is 3.92. The van der Waals surface area contributed by atoms with Crippen molar-refractivity contribution in [2.24, 2.45) is 7.05 Å². The summed E-state index contributed by atoms with van der Waals surface area (Å²) in [7, 11) is 1.90. The molecule has 0 aliphatic heterocycles. The Morgan fingerprint density at radius 1 is 1.14 bits per heavy atom. The molecular formula is C21H24ClN5OS. The quantitative estimate of drug-likeness (QED) is 0.527. The number of halogens is 1. The predicted octanol–water partition coefficient (Wildman–Crippen LogP) is 4.82. The first-order chi connectivity index (χ1) is 13.8. The number of hydrogen-bond donors (Lipinski definition) is 2. The first kappa shape index (κ1) is 21.2. The van der Waals surface area contributed by atoms with Gasteiger partial charge in [-0.3, -0.25) is 4.79 Å². The number of nitrogens with zero attached hydrogens (tertiary/aromatic N) is 3. The van der Waals surface area contributed by atoms with Crippen molar-refractivity contribution in [2.75, 3.05) is 10.6 Å². The van der Waals surface area contributed by atoms with Crippen LogP contribution in [0, 0.1) is 13.8 Å². The average Bonchev–Trinajstić information content (AvgIpc) is 3.04. The van der Waals surface area contributed by atoms with Gasteiger partial charge < -0.3 is 15.2 Å². The van der Waals surface area contributed by atoms with E-state index in [1.54, 1.807) is 0 Å². The molecule has 0 bridgehead atoms. The number of amides is 1. The largest absolute Gasteiger partial charge is 0.378 e. The predicted molar refractivity (Wildman–Crippen MR) is 120 cm³/mol. The number of carbonyl (C=O) groups excluding carboxylic acids is 1. The van der Waals surface area contributed by atoms with Crippen molar-refractivity contribution in [1.29, 1.82) is 0 Å². The molecule has 8 heteroatoms. The Kier molecular flexibility index (Phi) is 6.82. The third-order valence-corrected chi connectivity index (χ3v) is 5.99. The molecule has 29 heavy (non-hydrogen) atoms. The standard InChI is InChI=1S/C21H24ClN5OS/c1-13-6-5-7-14(2)19(13)24-20(28)15(3)29-21-26-25-18(27(21)4)12-23-17-10-8-16(22)9-11-17/h5-11,15,23H,12H2,1-4H3,(H,24,28)/t15-/m1/s1. The van der Waals surface area contributed by atoms with Crippen LogP contribution in [0.3, 0.4) is 0 Å². The molecule has 0 spiro atoms. The lowest BCUT2D eigenvalue weighted by Gasteiger charge is -2.15. The maximum Gasteiger partial charge on any atom is 0.237 e. The maximum atomic E-state index is 12.7. The van der Waals surface area contributed by atoms with E-state index in [1.165, 1.54) is 11.8 Å². The van der Waals surface area contributed by atoms with Crippen LogP contribution in [0.1, 0.15) is 23.9 Å². The van der Waals surface area contributed by atoms with Crippen molar-refractivity contribution in [2.45, 2.75) is 37.7 Å². The second-order valence-corrected chi connectivity index (χ2v) is 8.58. The van der Waals surface area contributed by atoms with Crippen molar-refractivity contribution in [3.63, 3.8) is 0 Å². The third kappa shape index (κ3) is 5.31. The highest BCUT2D eigenvalue weighted by atomic mass is 35.5. The van der Waals surface area contributed by atoms with Crippen LogP contribution in [-0.2, 0) is 18.4 Å². The molecule has 0 radical (unpaired) electrons. The highest BCUT2D eigenvalue weighted by molar-refractivity contribution is 8.00. The zero-order chi connectivity index (χ0) is 21.0. The molecule has 0 unspecified atom stereocenters. The van der Waals surface area contributed by atoms with Gasteiger partial charge in [0.25, 0.3) is 0 Å². The minimum absolute atomic E-state index is 0.0590. The Hall–Kier alpha value is -2.51. The van der Waals surface area contributed by atoms with Gasteiger partial charge in [-0.2, -0.15) is 0 Å². The SMILES string of the molecule is Cc1cccc(C)c1NC(=O)[C@@H](C)Sc1nnc(CNc2ccc(Cl)cc2)n1C. The molecule has 3 rings (SSSR count). The first-order valence-corrected chi connectivity index (χ1v) is 10.5. The van der Waals surface area contributed by atoms with E-state index < -0.39 is 0 Å². The van der Waals surface area contributed by atoms with Crippen LogP contribution in [0.5, 0.6) is 0 Å². The van der Waals surface area contributed by atoms with Gasteiger partial charge in [0, 0.05) is 23.4 Å². The van der Waals surface area contributed by atoms with Crippen LogP contribution in [0.25, 0.3) is 0 Å². The van der Waals surface area contributed by atoms with E-state index in [2.05, 4.69) is 20.8 Å². The first-order valence-electron chi connectivity index (χ1n) is 9.26. The third-order valence-electron chi connectivity index (χ3n) is 4.60. The zero-order valence-electron chi connectivity index (χ0n) is 16.9. The van der Waals surface area contributed by atoms with Gasteiger partial charge in [0.05, 0.1) is 11.8 Å². The molecule has 1 heterocycles. The molecule has 2 aromatic carbocycles. The summed E-state index contributed by atoms with van der Waals surface area (Å²) in [4.78, 5) is 12.7. The van der Waals surface area contributed by atoms with E-state index in [9.17, 15) is 4.79 Å². The summed E-state index contributed by atoms with van der Waals surface area (Å²) in [6.45, 7) is 6.37. The minimum Gasteiger partial charge on any atom is -0.378 e. The number of aryl methyl sites for hydroxylation is 2. The van der Waals surface area contributed by atoms with Gasteiger partial charge >= 0.3 is 0 Å². The summed E-state index contributed by atoms with van der Waals surface area (Å²) in [5, 5.41) is 15.9. The van der Waals surface area contributed by atoms with Crippen molar-refractivity contribution < 1.29 is 4.79 Å². The van der Waals surface area contributed by atoms with E-state index in [0.29, 0.717) is 16.7 Å². The molecular weight excluding hydrogens is 406 g/mol. The number of aromatic nitrogens is 3. The molecule has 152 valence electrons. The second kappa shape index (κ2) is 9.33. The maximum absolute atomic E-state index is 12.7. The lowest BCUT2D eigenvalue weighted by Crippen LogP contribution is -2.23. The summed E-state index contributed by atoms with van der Waals surface area (Å²) in [6, 6.07) is 13.4. The Morgan fingerprint density at radius 2 is 1.79 bits per heavy atom. The van der Waals surface area contributed by atoms with E-state index in [4.69, 9.17) is 11.6 Å². The van der Waals surface area contributed by atoms with Crippen LogP contribution >= 0.6 is 23.4 Å². The van der Waals surface area contributed by atoms with Crippen LogP contribution in [0.15, 0.2) is 47.6 Å². The molecule has 1 atom stereocenters. The molecule has 0 fully saturated rings. The summed E-state index contributed by atoms with van der Waals surface area (Å²) in [6.07, 6.45) is 0. The lowest BCUT2D eigenvalue weighted by atomic mass is 10.1. The molecule has 3 aromatic rings. The number of benzene rings is 2. The molecule has 1 aromatic heterocycles. The average molecular weight is 430 g/mol. The number of rotatable bonds is 7. The number of anilines is 2. The number of nitrogens with one attached hydrogen (secondary N) is 2. The van der Waals surface area contributed by atoms with Crippen LogP contribution < -0.4 is 10.6 Å². The van der Waals surface area contributed by atoms with Gasteiger partial charge in [0.1, 0.15) is 0 Å². The number of thioether (sulfide) groups is 1. The Morgan fingerprint density at radius 3 is 2.45 bits per heavy atom. The van der Waals surface area contributed by atoms with Crippen molar-refractivity contribution in [1.82, 2.24) is 14.8 Å². The second-order valence-electron chi connectivity index (χ2n) is 6.83. The van der Waals surface area contributed by atoms with Crippen molar-refractivity contribution in [3.8, 4) is 0 Å². The van der Waals surface area contributed by atoms with E-state index in [0.717, 1.165) is 28.3 Å². The van der Waals surface area contributed by atoms with E-state index in [-0.39, 0.29) is 11.2 Å². The van der Waals surface area contributed by atoms with Gasteiger partial charge in [-0.1, -0.05) is 41.6 Å². The minimum atomic E-state index is -0.311. The molecule has 0 saturated heterocycles. The van der Waals surface area contributed by atoms with Crippen LogP contribution in [-0.4, -0.2) is 25.9 Å². The molecule has 0 saturated carbocycles. The molecule has 0 aliphatic rings. The summed E-state index contributed by atoms with van der Waals surface area (Å²) < 4.78 is 1.90. The van der Waals surface area contributed by atoms with Gasteiger partial charge in [-0.05, 0) is 56.2 Å². The van der Waals surface area contributed by atoms with Gasteiger partial charge in [-0.15, -0.1) is 10.2 Å². The van der Waals surface area contributed by atoms with E-state index in [1.807, 2.05) is 74.9 Å². The number of para-hydroxylation sites is 1. The fraction of sp³-hybridized carbons (Fsp3) is 0.286. The highest BCUT2D eigenvalue weighted by Crippen LogP contribution is 2.25. The van der Waals surface area contributed by atoms with Crippen molar-refractivity contribution >= 4 is 40.6 Å². The Bertz CT molecular complexity index is 983. The number of hydrogen-bond acceptors (Lipinski definition) is 5. The monoisotopic (exact) mass is 429 g/mol. The summed E-state index contributed by atoms with van der Waals surface area (Å²) >= 11 is 7.30. The zero-order valence-corrected chi connectivity index (χ0v) is 18.4. The lowest BCUT2D eigenvalue weighted by molar-refractivity contribution is -0.115. The molecule has 0 aliphatic carbocycles. The topological polar surface area (TPSA) is 71.8 Å². The fourth-order valence-corrected chi connectivity index (χ4v) is 3.76. The van der Waals surface area contributed by atoms with E-state index >= 15 is 0 Å². The summed E-state index contributed by atoms with van der Waals surface area (Å²) in [5.74, 6) is 0.723. The van der Waals surface area contributed by atoms with Gasteiger partial charge in [-0.25, -0.2) is 0 Å². The van der Waals surface area contributed by atoms with Gasteiger partial charge in [0.2, 0.25) is 5.91 Å².